The maximum atomic E-state index is 12.6. The highest BCUT2D eigenvalue weighted by atomic mass is 32.1. The third kappa shape index (κ3) is 3.22. The van der Waals surface area contributed by atoms with Crippen LogP contribution < -0.4 is 16.2 Å². The summed E-state index contributed by atoms with van der Waals surface area (Å²) >= 11 is 1.31. The quantitative estimate of drug-likeness (QED) is 0.717. The van der Waals surface area contributed by atoms with E-state index in [9.17, 15) is 9.59 Å². The number of carbonyl (C=O) groups is 1. The number of nitrogens with one attached hydrogen (secondary N) is 2. The molecule has 1 aliphatic rings. The lowest BCUT2D eigenvalue weighted by molar-refractivity contribution is 0.0957. The molecule has 2 aromatic rings. The molecule has 1 amide bonds. The summed E-state index contributed by atoms with van der Waals surface area (Å²) in [6.45, 7) is 5.15. The Morgan fingerprint density at radius 2 is 2.21 bits per heavy atom. The van der Waals surface area contributed by atoms with E-state index in [-0.39, 0.29) is 11.5 Å². The number of aryl methyl sites for hydroxylation is 2. The minimum atomic E-state index is -0.145. The highest BCUT2D eigenvalue weighted by molar-refractivity contribution is 7.20. The molecule has 0 atom stereocenters. The van der Waals surface area contributed by atoms with Crippen LogP contribution in [-0.4, -0.2) is 48.8 Å². The Morgan fingerprint density at radius 3 is 3.00 bits per heavy atom. The van der Waals surface area contributed by atoms with Gasteiger partial charge in [0.1, 0.15) is 10.7 Å². The van der Waals surface area contributed by atoms with Gasteiger partial charge in [-0.25, -0.2) is 4.98 Å². The second-order valence-corrected chi connectivity index (χ2v) is 6.82. The molecule has 2 N–H and O–H groups in total. The largest absolute Gasteiger partial charge is 0.383 e. The Balaban J connectivity index is 1.73. The number of carbonyl (C=O) groups excluding carboxylic acids is 1. The fraction of sp³-hybridized carbons (Fsp3) is 0.562. The SMILES string of the molecule is COCCNCCNC(=O)c1sc2nc3n(c(=O)c2c1C)CCC3. The summed E-state index contributed by atoms with van der Waals surface area (Å²) < 4.78 is 6.69. The standard InChI is InChI=1S/C16H22N4O3S/c1-10-12-15(19-11-4-3-8-20(11)16(12)22)24-13(10)14(21)18-6-5-17-7-9-23-2/h17H,3-9H2,1-2H3,(H,18,21). The molecule has 0 unspecified atom stereocenters. The maximum absolute atomic E-state index is 12.6. The Labute approximate surface area is 144 Å². The van der Waals surface area contributed by atoms with Gasteiger partial charge in [-0.05, 0) is 18.9 Å². The van der Waals surface area contributed by atoms with E-state index in [4.69, 9.17) is 4.74 Å². The van der Waals surface area contributed by atoms with Crippen LogP contribution in [0.5, 0.6) is 0 Å². The van der Waals surface area contributed by atoms with Crippen molar-refractivity contribution in [3.05, 3.63) is 26.6 Å². The van der Waals surface area contributed by atoms with Crippen LogP contribution >= 0.6 is 11.3 Å². The number of amides is 1. The summed E-state index contributed by atoms with van der Waals surface area (Å²) in [5, 5.41) is 6.65. The van der Waals surface area contributed by atoms with Crippen molar-refractivity contribution in [2.45, 2.75) is 26.3 Å². The highest BCUT2D eigenvalue weighted by Gasteiger charge is 2.22. The molecule has 0 aliphatic carbocycles. The summed E-state index contributed by atoms with van der Waals surface area (Å²) in [5.74, 6) is 0.691. The zero-order chi connectivity index (χ0) is 17.1. The molecule has 0 bridgehead atoms. The number of fused-ring (bicyclic) bond motifs is 2. The second kappa shape index (κ2) is 7.42. The van der Waals surface area contributed by atoms with Gasteiger partial charge in [-0.3, -0.25) is 14.2 Å². The molecule has 24 heavy (non-hydrogen) atoms. The summed E-state index contributed by atoms with van der Waals surface area (Å²) in [4.78, 5) is 30.9. The van der Waals surface area contributed by atoms with Gasteiger partial charge in [0, 0.05) is 39.7 Å². The van der Waals surface area contributed by atoms with E-state index in [1.165, 1.54) is 11.3 Å². The molecule has 8 heteroatoms. The molecule has 2 aromatic heterocycles. The van der Waals surface area contributed by atoms with Gasteiger partial charge in [0.2, 0.25) is 0 Å². The van der Waals surface area contributed by atoms with Gasteiger partial charge in [-0.2, -0.15) is 0 Å². The van der Waals surface area contributed by atoms with E-state index < -0.39 is 0 Å². The van der Waals surface area contributed by atoms with E-state index in [0.29, 0.717) is 34.8 Å². The zero-order valence-corrected chi connectivity index (χ0v) is 14.8. The van der Waals surface area contributed by atoms with Crippen LogP contribution in [0.1, 0.15) is 27.5 Å². The van der Waals surface area contributed by atoms with Crippen LogP contribution in [0.2, 0.25) is 0 Å². The lowest BCUT2D eigenvalue weighted by atomic mass is 10.2. The normalized spacial score (nSPS) is 13.4. The first-order chi connectivity index (χ1) is 11.6. The first-order valence-electron chi connectivity index (χ1n) is 8.14. The molecule has 0 spiro atoms. The maximum Gasteiger partial charge on any atom is 0.262 e. The Hall–Kier alpha value is -1.77. The topological polar surface area (TPSA) is 85.2 Å². The molecular formula is C16H22N4O3S. The number of ether oxygens (including phenoxy) is 1. The molecule has 0 fully saturated rings. The van der Waals surface area contributed by atoms with Gasteiger partial charge >= 0.3 is 0 Å². The van der Waals surface area contributed by atoms with Crippen molar-refractivity contribution in [1.82, 2.24) is 20.2 Å². The molecule has 1 aliphatic heterocycles. The minimum Gasteiger partial charge on any atom is -0.383 e. The van der Waals surface area contributed by atoms with Crippen LogP contribution in [0, 0.1) is 6.92 Å². The number of thiophene rings is 1. The van der Waals surface area contributed by atoms with E-state index in [1.54, 1.807) is 11.7 Å². The monoisotopic (exact) mass is 350 g/mol. The van der Waals surface area contributed by atoms with Crippen molar-refractivity contribution in [3.63, 3.8) is 0 Å². The molecular weight excluding hydrogens is 328 g/mol. The molecule has 0 saturated heterocycles. The number of methoxy groups -OCH3 is 1. The van der Waals surface area contributed by atoms with Crippen molar-refractivity contribution in [2.24, 2.45) is 0 Å². The lowest BCUT2D eigenvalue weighted by Crippen LogP contribution is -2.33. The zero-order valence-electron chi connectivity index (χ0n) is 14.0. The molecule has 0 aromatic carbocycles. The smallest absolute Gasteiger partial charge is 0.262 e. The van der Waals surface area contributed by atoms with Crippen molar-refractivity contribution < 1.29 is 9.53 Å². The van der Waals surface area contributed by atoms with E-state index in [0.717, 1.165) is 37.3 Å². The number of aromatic nitrogens is 2. The Morgan fingerprint density at radius 1 is 1.38 bits per heavy atom. The minimum absolute atomic E-state index is 0.0125. The van der Waals surface area contributed by atoms with Gasteiger partial charge in [-0.15, -0.1) is 11.3 Å². The summed E-state index contributed by atoms with van der Waals surface area (Å²) in [5.41, 5.74) is 0.723. The number of nitrogens with zero attached hydrogens (tertiary/aromatic N) is 2. The van der Waals surface area contributed by atoms with Crippen LogP contribution in [0.15, 0.2) is 4.79 Å². The first kappa shape index (κ1) is 17.1. The van der Waals surface area contributed by atoms with Crippen LogP contribution in [0.3, 0.4) is 0 Å². The van der Waals surface area contributed by atoms with E-state index >= 15 is 0 Å². The van der Waals surface area contributed by atoms with Gasteiger partial charge in [0.25, 0.3) is 11.5 Å². The predicted molar refractivity (Wildman–Crippen MR) is 94.0 cm³/mol. The number of hydrogen-bond donors (Lipinski definition) is 2. The average Bonchev–Trinajstić information content (AvgIpc) is 3.16. The van der Waals surface area contributed by atoms with Crippen molar-refractivity contribution in [1.29, 1.82) is 0 Å². The highest BCUT2D eigenvalue weighted by Crippen LogP contribution is 2.28. The molecule has 3 rings (SSSR count). The molecule has 3 heterocycles. The van der Waals surface area contributed by atoms with Crippen molar-refractivity contribution >= 4 is 27.5 Å². The van der Waals surface area contributed by atoms with Crippen molar-refractivity contribution in [3.8, 4) is 0 Å². The first-order valence-corrected chi connectivity index (χ1v) is 8.95. The van der Waals surface area contributed by atoms with Crippen LogP contribution in [-0.2, 0) is 17.7 Å². The van der Waals surface area contributed by atoms with E-state index in [1.807, 2.05) is 6.92 Å². The fourth-order valence-electron chi connectivity index (χ4n) is 2.94. The van der Waals surface area contributed by atoms with Crippen molar-refractivity contribution in [2.75, 3.05) is 33.4 Å². The Bertz CT molecular complexity index is 812. The molecule has 0 saturated carbocycles. The van der Waals surface area contributed by atoms with Crippen LogP contribution in [0.4, 0.5) is 0 Å². The van der Waals surface area contributed by atoms with Gasteiger partial charge < -0.3 is 15.4 Å². The number of rotatable bonds is 7. The van der Waals surface area contributed by atoms with E-state index in [2.05, 4.69) is 15.6 Å². The lowest BCUT2D eigenvalue weighted by Gasteiger charge is -2.06. The van der Waals surface area contributed by atoms with Gasteiger partial charge in [0.05, 0.1) is 16.9 Å². The summed E-state index contributed by atoms with van der Waals surface area (Å²) in [6, 6.07) is 0. The predicted octanol–water partition coefficient (Wildman–Crippen LogP) is 0.678. The fourth-order valence-corrected chi connectivity index (χ4v) is 4.04. The summed E-state index contributed by atoms with van der Waals surface area (Å²) in [6.07, 6.45) is 1.79. The van der Waals surface area contributed by atoms with Crippen LogP contribution in [0.25, 0.3) is 10.2 Å². The third-order valence-corrected chi connectivity index (χ3v) is 5.37. The molecule has 7 nitrogen and oxygen atoms in total. The third-order valence-electron chi connectivity index (χ3n) is 4.19. The molecule has 0 radical (unpaired) electrons. The second-order valence-electron chi connectivity index (χ2n) is 5.82. The Kier molecular flexibility index (Phi) is 5.27. The number of hydrogen-bond acceptors (Lipinski definition) is 6. The van der Waals surface area contributed by atoms with Gasteiger partial charge in [-0.1, -0.05) is 0 Å². The summed E-state index contributed by atoms with van der Waals surface area (Å²) in [7, 11) is 1.65. The van der Waals surface area contributed by atoms with Gasteiger partial charge in [0.15, 0.2) is 0 Å². The molecule has 130 valence electrons. The average molecular weight is 350 g/mol.